The summed E-state index contributed by atoms with van der Waals surface area (Å²) in [5.74, 6) is 2.84. The number of ether oxygens (including phenoxy) is 1. The van der Waals surface area contributed by atoms with Crippen LogP contribution in [-0.2, 0) is 6.42 Å². The molecule has 2 atom stereocenters. The SMILES string of the molecule is CCCOc1ccc(-c2ccc(CCC3CCCC(CCC)C3)cn2)cc1. The Bertz CT molecular complexity index is 660. The van der Waals surface area contributed by atoms with Gasteiger partial charge in [-0.1, -0.05) is 52.0 Å². The van der Waals surface area contributed by atoms with E-state index in [0.29, 0.717) is 0 Å². The van der Waals surface area contributed by atoms with E-state index < -0.39 is 0 Å². The lowest BCUT2D eigenvalue weighted by Crippen LogP contribution is -2.16. The number of aromatic nitrogens is 1. The van der Waals surface area contributed by atoms with E-state index in [1.54, 1.807) is 0 Å². The number of rotatable bonds is 9. The van der Waals surface area contributed by atoms with Gasteiger partial charge in [-0.05, 0) is 73.4 Å². The van der Waals surface area contributed by atoms with E-state index in [2.05, 4.69) is 44.3 Å². The van der Waals surface area contributed by atoms with E-state index in [-0.39, 0.29) is 0 Å². The van der Waals surface area contributed by atoms with Crippen molar-refractivity contribution in [2.45, 2.75) is 71.6 Å². The van der Waals surface area contributed by atoms with Gasteiger partial charge in [0.05, 0.1) is 12.3 Å². The lowest BCUT2D eigenvalue weighted by Gasteiger charge is -2.29. The minimum Gasteiger partial charge on any atom is -0.494 e. The predicted octanol–water partition coefficient (Wildman–Crippen LogP) is 7.08. The fourth-order valence-electron chi connectivity index (χ4n) is 4.39. The average molecular weight is 366 g/mol. The lowest BCUT2D eigenvalue weighted by atomic mass is 9.77. The topological polar surface area (TPSA) is 22.1 Å². The first-order valence-electron chi connectivity index (χ1n) is 11.0. The van der Waals surface area contributed by atoms with Crippen LogP contribution in [0.3, 0.4) is 0 Å². The second kappa shape index (κ2) is 10.5. The maximum Gasteiger partial charge on any atom is 0.119 e. The third-order valence-corrected chi connectivity index (χ3v) is 5.88. The second-order valence-electron chi connectivity index (χ2n) is 8.15. The largest absolute Gasteiger partial charge is 0.494 e. The summed E-state index contributed by atoms with van der Waals surface area (Å²) >= 11 is 0. The smallest absolute Gasteiger partial charge is 0.119 e. The summed E-state index contributed by atoms with van der Waals surface area (Å²) in [5, 5.41) is 0. The van der Waals surface area contributed by atoms with Gasteiger partial charge in [-0.15, -0.1) is 0 Å². The molecular formula is C25H35NO. The second-order valence-corrected chi connectivity index (χ2v) is 8.15. The molecule has 1 aliphatic rings. The van der Waals surface area contributed by atoms with Crippen LogP contribution >= 0.6 is 0 Å². The minimum absolute atomic E-state index is 0.770. The van der Waals surface area contributed by atoms with Gasteiger partial charge in [0.25, 0.3) is 0 Å². The van der Waals surface area contributed by atoms with Crippen LogP contribution in [0.5, 0.6) is 5.75 Å². The van der Waals surface area contributed by atoms with E-state index in [0.717, 1.165) is 41.9 Å². The molecule has 0 saturated heterocycles. The third kappa shape index (κ3) is 6.09. The van der Waals surface area contributed by atoms with Crippen LogP contribution in [0, 0.1) is 11.8 Å². The third-order valence-electron chi connectivity index (χ3n) is 5.88. The number of pyridine rings is 1. The summed E-state index contributed by atoms with van der Waals surface area (Å²) in [6, 6.07) is 12.7. The van der Waals surface area contributed by atoms with Gasteiger partial charge >= 0.3 is 0 Å². The summed E-state index contributed by atoms with van der Waals surface area (Å²) < 4.78 is 5.66. The van der Waals surface area contributed by atoms with Gasteiger partial charge in [0.1, 0.15) is 5.75 Å². The Morgan fingerprint density at radius 3 is 2.37 bits per heavy atom. The van der Waals surface area contributed by atoms with Crippen molar-refractivity contribution in [2.75, 3.05) is 6.61 Å². The molecule has 3 rings (SSSR count). The Labute approximate surface area is 165 Å². The van der Waals surface area contributed by atoms with E-state index in [1.807, 2.05) is 12.1 Å². The summed E-state index contributed by atoms with van der Waals surface area (Å²) in [7, 11) is 0. The van der Waals surface area contributed by atoms with Crippen LogP contribution < -0.4 is 4.74 Å². The maximum atomic E-state index is 5.66. The number of nitrogens with zero attached hydrogens (tertiary/aromatic N) is 1. The maximum absolute atomic E-state index is 5.66. The lowest BCUT2D eigenvalue weighted by molar-refractivity contribution is 0.243. The van der Waals surface area contributed by atoms with Crippen LogP contribution in [0.4, 0.5) is 0 Å². The Kier molecular flexibility index (Phi) is 7.74. The normalized spacial score (nSPS) is 19.8. The summed E-state index contributed by atoms with van der Waals surface area (Å²) in [6.45, 7) is 5.22. The Morgan fingerprint density at radius 1 is 0.926 bits per heavy atom. The molecule has 1 aliphatic carbocycles. The zero-order valence-corrected chi connectivity index (χ0v) is 17.1. The standard InChI is InChI=1S/C25H35NO/c1-3-6-20-7-5-8-21(18-20)9-10-22-11-16-25(26-19-22)23-12-14-24(15-13-23)27-17-4-2/h11-16,19-21H,3-10,17-18H2,1-2H3. The number of aryl methyl sites for hydroxylation is 1. The van der Waals surface area contributed by atoms with Crippen molar-refractivity contribution in [1.82, 2.24) is 4.98 Å². The zero-order valence-electron chi connectivity index (χ0n) is 17.1. The van der Waals surface area contributed by atoms with Crippen molar-refractivity contribution in [2.24, 2.45) is 11.8 Å². The summed E-state index contributed by atoms with van der Waals surface area (Å²) in [6.07, 6.45) is 14.1. The summed E-state index contributed by atoms with van der Waals surface area (Å²) in [4.78, 5) is 4.71. The van der Waals surface area contributed by atoms with E-state index in [1.165, 1.54) is 56.9 Å². The number of hydrogen-bond acceptors (Lipinski definition) is 2. The van der Waals surface area contributed by atoms with Crippen molar-refractivity contribution < 1.29 is 4.74 Å². The minimum atomic E-state index is 0.770. The van der Waals surface area contributed by atoms with Gasteiger partial charge in [0.15, 0.2) is 0 Å². The molecule has 1 heterocycles. The van der Waals surface area contributed by atoms with Gasteiger partial charge < -0.3 is 4.74 Å². The van der Waals surface area contributed by atoms with Gasteiger partial charge in [-0.25, -0.2) is 0 Å². The molecule has 1 fully saturated rings. The molecule has 2 unspecified atom stereocenters. The predicted molar refractivity (Wildman–Crippen MR) is 114 cm³/mol. The van der Waals surface area contributed by atoms with Crippen molar-refractivity contribution in [1.29, 1.82) is 0 Å². The molecule has 1 saturated carbocycles. The first-order chi connectivity index (χ1) is 13.3. The average Bonchev–Trinajstić information content (AvgIpc) is 2.72. The molecule has 27 heavy (non-hydrogen) atoms. The van der Waals surface area contributed by atoms with Crippen LogP contribution in [0.1, 0.15) is 70.8 Å². The van der Waals surface area contributed by atoms with E-state index >= 15 is 0 Å². The molecule has 0 N–H and O–H groups in total. The van der Waals surface area contributed by atoms with Crippen LogP contribution in [0.2, 0.25) is 0 Å². The fraction of sp³-hybridized carbons (Fsp3) is 0.560. The highest BCUT2D eigenvalue weighted by Crippen LogP contribution is 2.34. The molecule has 0 radical (unpaired) electrons. The molecule has 146 valence electrons. The zero-order chi connectivity index (χ0) is 18.9. The Hall–Kier alpha value is -1.83. The van der Waals surface area contributed by atoms with Crippen molar-refractivity contribution in [3.05, 3.63) is 48.2 Å². The van der Waals surface area contributed by atoms with Crippen molar-refractivity contribution in [3.8, 4) is 17.0 Å². The van der Waals surface area contributed by atoms with Gasteiger partial charge in [-0.3, -0.25) is 4.98 Å². The Morgan fingerprint density at radius 2 is 1.70 bits per heavy atom. The molecule has 1 aromatic carbocycles. The molecule has 0 aliphatic heterocycles. The molecule has 0 spiro atoms. The molecule has 2 heteroatoms. The van der Waals surface area contributed by atoms with Gasteiger partial charge in [0.2, 0.25) is 0 Å². The molecule has 1 aromatic heterocycles. The fourth-order valence-corrected chi connectivity index (χ4v) is 4.39. The monoisotopic (exact) mass is 365 g/mol. The highest BCUT2D eigenvalue weighted by atomic mass is 16.5. The van der Waals surface area contributed by atoms with E-state index in [9.17, 15) is 0 Å². The van der Waals surface area contributed by atoms with Gasteiger partial charge in [-0.2, -0.15) is 0 Å². The number of benzene rings is 1. The van der Waals surface area contributed by atoms with Crippen LogP contribution in [-0.4, -0.2) is 11.6 Å². The van der Waals surface area contributed by atoms with Crippen LogP contribution in [0.25, 0.3) is 11.3 Å². The molecule has 0 amide bonds. The summed E-state index contributed by atoms with van der Waals surface area (Å²) in [5.41, 5.74) is 3.57. The Balaban J connectivity index is 1.51. The van der Waals surface area contributed by atoms with Crippen molar-refractivity contribution in [3.63, 3.8) is 0 Å². The highest BCUT2D eigenvalue weighted by Gasteiger charge is 2.21. The quantitative estimate of drug-likeness (QED) is 0.474. The molecule has 0 bridgehead atoms. The molecular weight excluding hydrogens is 330 g/mol. The van der Waals surface area contributed by atoms with Crippen molar-refractivity contribution >= 4 is 0 Å². The highest BCUT2D eigenvalue weighted by molar-refractivity contribution is 5.60. The number of hydrogen-bond donors (Lipinski definition) is 0. The van der Waals surface area contributed by atoms with E-state index in [4.69, 9.17) is 9.72 Å². The van der Waals surface area contributed by atoms with Gasteiger partial charge in [0, 0.05) is 11.8 Å². The first kappa shape index (κ1) is 19.9. The van der Waals surface area contributed by atoms with Crippen LogP contribution in [0.15, 0.2) is 42.6 Å². The molecule has 2 aromatic rings. The molecule has 2 nitrogen and oxygen atoms in total. The first-order valence-corrected chi connectivity index (χ1v) is 11.0.